The molecule has 8 heteroatoms. The van der Waals surface area contributed by atoms with Crippen molar-refractivity contribution in [2.24, 2.45) is 0 Å². The molecule has 2 heterocycles. The number of anilines is 1. The Kier molecular flexibility index (Phi) is 4.03. The van der Waals surface area contributed by atoms with E-state index >= 15 is 0 Å². The van der Waals surface area contributed by atoms with Gasteiger partial charge in [-0.15, -0.1) is 0 Å². The Bertz CT molecular complexity index is 839. The lowest BCUT2D eigenvalue weighted by Gasteiger charge is -2.07. The number of amides is 1. The number of methoxy groups -OCH3 is 1. The van der Waals surface area contributed by atoms with Gasteiger partial charge in [0.25, 0.3) is 11.8 Å². The molecule has 2 aromatic heterocycles. The number of nitrogens with zero attached hydrogens (tertiary/aromatic N) is 3. The van der Waals surface area contributed by atoms with Gasteiger partial charge < -0.3 is 14.6 Å². The summed E-state index contributed by atoms with van der Waals surface area (Å²) in [5, 5.41) is 11.3. The third kappa shape index (κ3) is 3.19. The average Bonchev–Trinajstić information content (AvgIpc) is 3.15. The van der Waals surface area contributed by atoms with Crippen LogP contribution >= 0.6 is 11.6 Å². The summed E-state index contributed by atoms with van der Waals surface area (Å²) >= 11 is 5.89. The summed E-state index contributed by atoms with van der Waals surface area (Å²) in [5.74, 6) is 0.335. The van der Waals surface area contributed by atoms with Gasteiger partial charge in [-0.2, -0.15) is 5.10 Å². The number of carbonyl (C=O) groups is 1. The van der Waals surface area contributed by atoms with E-state index in [1.165, 1.54) is 13.2 Å². The van der Waals surface area contributed by atoms with Crippen LogP contribution < -0.4 is 10.1 Å². The Labute approximate surface area is 136 Å². The second-order valence-electron chi connectivity index (χ2n) is 4.75. The molecular formula is C15H13ClN4O3. The van der Waals surface area contributed by atoms with Crippen LogP contribution in [0.1, 0.15) is 16.2 Å². The normalized spacial score (nSPS) is 10.6. The van der Waals surface area contributed by atoms with E-state index in [9.17, 15) is 4.79 Å². The number of benzene rings is 1. The predicted octanol–water partition coefficient (Wildman–Crippen LogP) is 3.08. The topological polar surface area (TPSA) is 82.2 Å². The number of aryl methyl sites for hydroxylation is 1. The standard InChI is InChI=1S/C15H13ClN4O3/c1-9-7-13(17-15(21)12-8-14(22-2)19-23-12)20(18-9)11-5-3-10(16)4-6-11/h3-8H,1-2H3,(H,17,21). The van der Waals surface area contributed by atoms with E-state index in [0.717, 1.165) is 11.4 Å². The summed E-state index contributed by atoms with van der Waals surface area (Å²) in [6.45, 7) is 1.83. The lowest BCUT2D eigenvalue weighted by Crippen LogP contribution is -2.14. The summed E-state index contributed by atoms with van der Waals surface area (Å²) in [5.41, 5.74) is 1.53. The van der Waals surface area contributed by atoms with E-state index in [0.29, 0.717) is 10.8 Å². The van der Waals surface area contributed by atoms with Crippen LogP contribution in [0.2, 0.25) is 5.02 Å². The molecule has 1 aromatic carbocycles. The molecule has 0 aliphatic rings. The fourth-order valence-electron chi connectivity index (χ4n) is 2.01. The molecule has 23 heavy (non-hydrogen) atoms. The first-order valence-corrected chi connectivity index (χ1v) is 7.09. The van der Waals surface area contributed by atoms with Gasteiger partial charge in [0.2, 0.25) is 5.76 Å². The largest absolute Gasteiger partial charge is 0.479 e. The van der Waals surface area contributed by atoms with Crippen LogP contribution in [0.4, 0.5) is 5.82 Å². The zero-order valence-corrected chi connectivity index (χ0v) is 13.2. The van der Waals surface area contributed by atoms with Gasteiger partial charge in [-0.25, -0.2) is 4.68 Å². The highest BCUT2D eigenvalue weighted by molar-refractivity contribution is 6.30. The third-order valence-corrected chi connectivity index (χ3v) is 3.32. The minimum atomic E-state index is -0.448. The molecule has 1 amide bonds. The van der Waals surface area contributed by atoms with Crippen LogP contribution in [-0.4, -0.2) is 28.0 Å². The Morgan fingerprint density at radius 1 is 1.30 bits per heavy atom. The number of ether oxygens (including phenoxy) is 1. The van der Waals surface area contributed by atoms with E-state index in [4.69, 9.17) is 20.9 Å². The number of hydrogen-bond donors (Lipinski definition) is 1. The van der Waals surface area contributed by atoms with Crippen LogP contribution in [0, 0.1) is 6.92 Å². The minimum Gasteiger partial charge on any atom is -0.479 e. The van der Waals surface area contributed by atoms with Gasteiger partial charge >= 0.3 is 0 Å². The van der Waals surface area contributed by atoms with E-state index in [1.807, 2.05) is 19.1 Å². The molecule has 0 saturated carbocycles. The zero-order valence-electron chi connectivity index (χ0n) is 12.4. The van der Waals surface area contributed by atoms with Crippen LogP contribution in [-0.2, 0) is 0 Å². The Morgan fingerprint density at radius 3 is 2.70 bits per heavy atom. The van der Waals surface area contributed by atoms with Crippen LogP contribution in [0.3, 0.4) is 0 Å². The molecule has 3 rings (SSSR count). The number of hydrogen-bond acceptors (Lipinski definition) is 5. The highest BCUT2D eigenvalue weighted by atomic mass is 35.5. The second kappa shape index (κ2) is 6.13. The molecule has 0 unspecified atom stereocenters. The zero-order chi connectivity index (χ0) is 16.4. The number of rotatable bonds is 4. The molecule has 0 radical (unpaired) electrons. The Hall–Kier alpha value is -2.80. The van der Waals surface area contributed by atoms with Crippen molar-refractivity contribution in [1.82, 2.24) is 14.9 Å². The van der Waals surface area contributed by atoms with E-state index in [2.05, 4.69) is 15.6 Å². The highest BCUT2D eigenvalue weighted by Crippen LogP contribution is 2.20. The van der Waals surface area contributed by atoms with Gasteiger partial charge in [0.1, 0.15) is 5.82 Å². The summed E-state index contributed by atoms with van der Waals surface area (Å²) in [6, 6.07) is 10.3. The molecule has 0 aliphatic carbocycles. The van der Waals surface area contributed by atoms with Crippen LogP contribution in [0.15, 0.2) is 40.9 Å². The quantitative estimate of drug-likeness (QED) is 0.794. The van der Waals surface area contributed by atoms with Crippen LogP contribution in [0.5, 0.6) is 5.88 Å². The second-order valence-corrected chi connectivity index (χ2v) is 5.18. The van der Waals surface area contributed by atoms with Gasteiger partial charge in [-0.1, -0.05) is 11.6 Å². The number of aromatic nitrogens is 3. The molecule has 3 aromatic rings. The van der Waals surface area contributed by atoms with Crippen molar-refractivity contribution in [3.8, 4) is 11.6 Å². The maximum absolute atomic E-state index is 12.2. The highest BCUT2D eigenvalue weighted by Gasteiger charge is 2.17. The number of nitrogens with one attached hydrogen (secondary N) is 1. The van der Waals surface area contributed by atoms with Crippen LogP contribution in [0.25, 0.3) is 5.69 Å². The molecule has 7 nitrogen and oxygen atoms in total. The van der Waals surface area contributed by atoms with Gasteiger partial charge in [-0.05, 0) is 36.3 Å². The SMILES string of the molecule is COc1cc(C(=O)Nc2cc(C)nn2-c2ccc(Cl)cc2)on1. The first-order chi connectivity index (χ1) is 11.1. The predicted molar refractivity (Wildman–Crippen MR) is 84.3 cm³/mol. The molecule has 0 bridgehead atoms. The Balaban J connectivity index is 1.88. The van der Waals surface area contributed by atoms with Crippen molar-refractivity contribution in [2.75, 3.05) is 12.4 Å². The summed E-state index contributed by atoms with van der Waals surface area (Å²) in [4.78, 5) is 12.2. The summed E-state index contributed by atoms with van der Waals surface area (Å²) < 4.78 is 11.4. The number of halogens is 1. The molecular weight excluding hydrogens is 320 g/mol. The van der Waals surface area contributed by atoms with E-state index in [1.54, 1.807) is 22.9 Å². The maximum Gasteiger partial charge on any atom is 0.295 e. The fourth-order valence-corrected chi connectivity index (χ4v) is 2.13. The van der Waals surface area contributed by atoms with Gasteiger partial charge in [0, 0.05) is 11.1 Å². The van der Waals surface area contributed by atoms with Crippen molar-refractivity contribution in [3.05, 3.63) is 52.9 Å². The Morgan fingerprint density at radius 2 is 2.04 bits per heavy atom. The molecule has 0 saturated heterocycles. The maximum atomic E-state index is 12.2. The average molecular weight is 333 g/mol. The number of carbonyl (C=O) groups excluding carboxylic acids is 1. The molecule has 118 valence electrons. The van der Waals surface area contributed by atoms with E-state index in [-0.39, 0.29) is 11.6 Å². The fraction of sp³-hybridized carbons (Fsp3) is 0.133. The third-order valence-electron chi connectivity index (χ3n) is 3.07. The minimum absolute atomic E-state index is 0.0448. The van der Waals surface area contributed by atoms with Crippen molar-refractivity contribution >= 4 is 23.3 Å². The first-order valence-electron chi connectivity index (χ1n) is 6.71. The van der Waals surface area contributed by atoms with Crippen molar-refractivity contribution in [3.63, 3.8) is 0 Å². The molecule has 0 atom stereocenters. The van der Waals surface area contributed by atoms with Crippen molar-refractivity contribution in [2.45, 2.75) is 6.92 Å². The van der Waals surface area contributed by atoms with Crippen molar-refractivity contribution < 1.29 is 14.1 Å². The monoisotopic (exact) mass is 332 g/mol. The van der Waals surface area contributed by atoms with E-state index < -0.39 is 5.91 Å². The molecule has 0 aliphatic heterocycles. The smallest absolute Gasteiger partial charge is 0.295 e. The summed E-state index contributed by atoms with van der Waals surface area (Å²) in [6.07, 6.45) is 0. The van der Waals surface area contributed by atoms with Gasteiger partial charge in [-0.3, -0.25) is 4.79 Å². The van der Waals surface area contributed by atoms with Gasteiger partial charge in [0.05, 0.1) is 24.6 Å². The molecule has 0 fully saturated rings. The lowest BCUT2D eigenvalue weighted by atomic mass is 10.3. The summed E-state index contributed by atoms with van der Waals surface area (Å²) in [7, 11) is 1.44. The van der Waals surface area contributed by atoms with Gasteiger partial charge in [0.15, 0.2) is 0 Å². The lowest BCUT2D eigenvalue weighted by molar-refractivity contribution is 0.0987. The first kappa shape index (κ1) is 15.1. The molecule has 1 N–H and O–H groups in total. The van der Waals surface area contributed by atoms with Crippen molar-refractivity contribution in [1.29, 1.82) is 0 Å². The molecule has 0 spiro atoms.